The Morgan fingerprint density at radius 3 is 2.47 bits per heavy atom. The zero-order chi connectivity index (χ0) is 22.5. The third kappa shape index (κ3) is 4.83. The third-order valence-corrected chi connectivity index (χ3v) is 5.17. The van der Waals surface area contributed by atoms with E-state index in [2.05, 4.69) is 5.32 Å². The molecule has 4 rings (SSSR count). The first-order chi connectivity index (χ1) is 15.5. The molecule has 32 heavy (non-hydrogen) atoms. The first kappa shape index (κ1) is 21.2. The van der Waals surface area contributed by atoms with Crippen molar-refractivity contribution in [1.29, 1.82) is 0 Å². The summed E-state index contributed by atoms with van der Waals surface area (Å²) in [4.78, 5) is 12.5. The number of hydrogen-bond donors (Lipinski definition) is 1. The van der Waals surface area contributed by atoms with Gasteiger partial charge in [-0.05, 0) is 61.4 Å². The van der Waals surface area contributed by atoms with Gasteiger partial charge in [0.2, 0.25) is 5.91 Å². The Labute approximate surface area is 187 Å². The quantitative estimate of drug-likeness (QED) is 0.337. The van der Waals surface area contributed by atoms with Crippen LogP contribution in [0.25, 0.3) is 16.5 Å². The Morgan fingerprint density at radius 2 is 1.75 bits per heavy atom. The number of methoxy groups -OCH3 is 1. The molecule has 0 aliphatic rings. The number of para-hydroxylation sites is 1. The van der Waals surface area contributed by atoms with Gasteiger partial charge in [0, 0.05) is 17.1 Å². The second kappa shape index (κ2) is 9.43. The van der Waals surface area contributed by atoms with Crippen molar-refractivity contribution in [2.24, 2.45) is 0 Å². The van der Waals surface area contributed by atoms with Gasteiger partial charge in [0.25, 0.3) is 0 Å². The van der Waals surface area contributed by atoms with Crippen molar-refractivity contribution < 1.29 is 18.7 Å². The number of furan rings is 1. The van der Waals surface area contributed by atoms with Crippen LogP contribution in [0.3, 0.4) is 0 Å². The van der Waals surface area contributed by atoms with Gasteiger partial charge >= 0.3 is 0 Å². The summed E-state index contributed by atoms with van der Waals surface area (Å²) in [6.45, 7) is 3.85. The maximum Gasteiger partial charge on any atom is 0.248 e. The van der Waals surface area contributed by atoms with Gasteiger partial charge in [-0.25, -0.2) is 0 Å². The molecule has 0 radical (unpaired) electrons. The highest BCUT2D eigenvalue weighted by molar-refractivity contribution is 6.04. The number of carbonyl (C=O) groups is 1. The fourth-order valence-electron chi connectivity index (χ4n) is 3.43. The molecule has 1 heterocycles. The van der Waals surface area contributed by atoms with E-state index >= 15 is 0 Å². The Kier molecular flexibility index (Phi) is 6.26. The summed E-state index contributed by atoms with van der Waals surface area (Å²) in [5, 5.41) is 3.76. The molecule has 162 valence electrons. The topological polar surface area (TPSA) is 60.7 Å². The molecule has 0 aliphatic carbocycles. The first-order valence-corrected chi connectivity index (χ1v) is 10.4. The lowest BCUT2D eigenvalue weighted by molar-refractivity contribution is -0.111. The normalized spacial score (nSPS) is 12.4. The summed E-state index contributed by atoms with van der Waals surface area (Å²) in [7, 11) is 1.60. The van der Waals surface area contributed by atoms with E-state index in [1.807, 2.05) is 68.4 Å². The van der Waals surface area contributed by atoms with Crippen LogP contribution in [0.2, 0.25) is 0 Å². The number of fused-ring (bicyclic) bond motifs is 1. The van der Waals surface area contributed by atoms with E-state index in [9.17, 15) is 4.79 Å². The van der Waals surface area contributed by atoms with Crippen LogP contribution >= 0.6 is 0 Å². The molecule has 1 atom stereocenters. The molecule has 0 aliphatic heterocycles. The summed E-state index contributed by atoms with van der Waals surface area (Å²) in [5.74, 6) is 1.78. The zero-order valence-electron chi connectivity index (χ0n) is 18.3. The number of hydrogen-bond acceptors (Lipinski definition) is 4. The van der Waals surface area contributed by atoms with E-state index in [1.54, 1.807) is 31.4 Å². The predicted octanol–water partition coefficient (Wildman–Crippen LogP) is 6.62. The van der Waals surface area contributed by atoms with E-state index in [0.717, 1.165) is 16.7 Å². The average Bonchev–Trinajstić information content (AvgIpc) is 3.26. The zero-order valence-corrected chi connectivity index (χ0v) is 18.3. The largest absolute Gasteiger partial charge is 0.497 e. The molecule has 5 nitrogen and oxygen atoms in total. The second-order valence-electron chi connectivity index (χ2n) is 7.50. The lowest BCUT2D eigenvalue weighted by Crippen LogP contribution is -2.08. The summed E-state index contributed by atoms with van der Waals surface area (Å²) in [5.41, 5.74) is 3.15. The summed E-state index contributed by atoms with van der Waals surface area (Å²) < 4.78 is 17.4. The van der Waals surface area contributed by atoms with Crippen LogP contribution in [0, 0.1) is 0 Å². The number of rotatable bonds is 7. The van der Waals surface area contributed by atoms with Crippen LogP contribution in [0.4, 0.5) is 5.69 Å². The van der Waals surface area contributed by atoms with Crippen molar-refractivity contribution in [1.82, 2.24) is 0 Å². The smallest absolute Gasteiger partial charge is 0.248 e. The van der Waals surface area contributed by atoms with Crippen molar-refractivity contribution in [3.63, 3.8) is 0 Å². The van der Waals surface area contributed by atoms with Crippen LogP contribution in [0.15, 0.2) is 89.4 Å². The highest BCUT2D eigenvalue weighted by Crippen LogP contribution is 2.34. The summed E-state index contributed by atoms with van der Waals surface area (Å²) in [6.07, 6.45) is 1.40. The van der Waals surface area contributed by atoms with E-state index in [1.165, 1.54) is 6.08 Å². The standard InChI is InChI=1S/C27H25NO4/c1-18(16-26(29)28-22-12-14-23(30-3)15-13-22)25-17-21-10-7-11-24(27(21)32-25)31-19(2)20-8-5-4-6-9-20/h4-17,19H,1-3H3,(H,28,29). The van der Waals surface area contributed by atoms with Crippen LogP contribution in [-0.2, 0) is 4.79 Å². The number of allylic oxidation sites excluding steroid dienone is 1. The van der Waals surface area contributed by atoms with Gasteiger partial charge in [-0.3, -0.25) is 4.79 Å². The molecule has 0 saturated heterocycles. The second-order valence-corrected chi connectivity index (χ2v) is 7.50. The monoisotopic (exact) mass is 427 g/mol. The first-order valence-electron chi connectivity index (χ1n) is 10.4. The molecule has 0 saturated carbocycles. The fraction of sp³-hybridized carbons (Fsp3) is 0.148. The molecule has 1 unspecified atom stereocenters. The average molecular weight is 428 g/mol. The van der Waals surface area contributed by atoms with Gasteiger partial charge in [-0.15, -0.1) is 0 Å². The number of nitrogens with one attached hydrogen (secondary N) is 1. The molecule has 0 bridgehead atoms. The van der Waals surface area contributed by atoms with Crippen LogP contribution in [-0.4, -0.2) is 13.0 Å². The minimum Gasteiger partial charge on any atom is -0.497 e. The number of ether oxygens (including phenoxy) is 2. The van der Waals surface area contributed by atoms with Crippen molar-refractivity contribution in [2.75, 3.05) is 12.4 Å². The van der Waals surface area contributed by atoms with Crippen LogP contribution in [0.1, 0.15) is 31.3 Å². The third-order valence-electron chi connectivity index (χ3n) is 5.17. The number of carbonyl (C=O) groups excluding carboxylic acids is 1. The maximum atomic E-state index is 12.5. The van der Waals surface area contributed by atoms with Gasteiger partial charge in [0.05, 0.1) is 7.11 Å². The lowest BCUT2D eigenvalue weighted by atomic mass is 10.1. The molecular formula is C27H25NO4. The molecule has 0 fully saturated rings. The number of amides is 1. The highest BCUT2D eigenvalue weighted by atomic mass is 16.5. The SMILES string of the molecule is COc1ccc(NC(=O)C=C(C)c2cc3cccc(OC(C)c4ccccc4)c3o2)cc1. The molecule has 3 aromatic carbocycles. The minimum absolute atomic E-state index is 0.123. The molecule has 4 aromatic rings. The van der Waals surface area contributed by atoms with Crippen molar-refractivity contribution in [2.45, 2.75) is 20.0 Å². The molecule has 0 spiro atoms. The molecule has 1 amide bonds. The Hall–Kier alpha value is -3.99. The molecule has 5 heteroatoms. The van der Waals surface area contributed by atoms with E-state index in [4.69, 9.17) is 13.9 Å². The Balaban J connectivity index is 1.52. The van der Waals surface area contributed by atoms with Gasteiger partial charge in [0.15, 0.2) is 11.3 Å². The van der Waals surface area contributed by atoms with Gasteiger partial charge < -0.3 is 19.2 Å². The minimum atomic E-state index is -0.234. The summed E-state index contributed by atoms with van der Waals surface area (Å²) >= 11 is 0. The van der Waals surface area contributed by atoms with E-state index < -0.39 is 0 Å². The van der Waals surface area contributed by atoms with Crippen LogP contribution < -0.4 is 14.8 Å². The molecular weight excluding hydrogens is 402 g/mol. The van der Waals surface area contributed by atoms with Crippen LogP contribution in [0.5, 0.6) is 11.5 Å². The van der Waals surface area contributed by atoms with Crippen molar-refractivity contribution >= 4 is 28.1 Å². The lowest BCUT2D eigenvalue weighted by Gasteiger charge is -2.15. The predicted molar refractivity (Wildman–Crippen MR) is 127 cm³/mol. The maximum absolute atomic E-state index is 12.5. The van der Waals surface area contributed by atoms with Gasteiger partial charge in [0.1, 0.15) is 17.6 Å². The van der Waals surface area contributed by atoms with Crippen molar-refractivity contribution in [3.05, 3.63) is 96.3 Å². The van der Waals surface area contributed by atoms with E-state index in [-0.39, 0.29) is 12.0 Å². The Bertz CT molecular complexity index is 1240. The van der Waals surface area contributed by atoms with Crippen molar-refractivity contribution in [3.8, 4) is 11.5 Å². The van der Waals surface area contributed by atoms with E-state index in [0.29, 0.717) is 28.4 Å². The summed E-state index contributed by atoms with van der Waals surface area (Å²) in [6, 6.07) is 24.9. The van der Waals surface area contributed by atoms with Gasteiger partial charge in [-0.1, -0.05) is 42.5 Å². The van der Waals surface area contributed by atoms with Gasteiger partial charge in [-0.2, -0.15) is 0 Å². The number of benzene rings is 3. The molecule has 1 aromatic heterocycles. The fourth-order valence-corrected chi connectivity index (χ4v) is 3.43. The highest BCUT2D eigenvalue weighted by Gasteiger charge is 2.14. The Morgan fingerprint density at radius 1 is 1.00 bits per heavy atom. The number of anilines is 1. The molecule has 1 N–H and O–H groups in total.